The van der Waals surface area contributed by atoms with Gasteiger partial charge in [0.05, 0.1) is 29.4 Å². The summed E-state index contributed by atoms with van der Waals surface area (Å²) < 4.78 is 16.7. The zero-order valence-electron chi connectivity index (χ0n) is 10.2. The van der Waals surface area contributed by atoms with Crippen molar-refractivity contribution in [1.29, 1.82) is 0 Å². The van der Waals surface area contributed by atoms with Crippen LogP contribution in [0.3, 0.4) is 0 Å². The molecule has 1 aromatic rings. The van der Waals surface area contributed by atoms with Gasteiger partial charge in [0.25, 0.3) is 0 Å². The smallest absolute Gasteiger partial charge is 0.171 e. The van der Waals surface area contributed by atoms with Gasteiger partial charge in [0.15, 0.2) is 5.78 Å². The monoisotopic (exact) mass is 252 g/mol. The van der Waals surface area contributed by atoms with Crippen LogP contribution in [-0.4, -0.2) is 22.9 Å². The maximum absolute atomic E-state index is 11.9. The Balaban J connectivity index is 2.67. The number of allylic oxidation sites excluding steroid dienone is 2. The van der Waals surface area contributed by atoms with Crippen LogP contribution in [0.5, 0.6) is 0 Å². The third-order valence-electron chi connectivity index (χ3n) is 2.24. The summed E-state index contributed by atoms with van der Waals surface area (Å²) in [5, 5.41) is 0. The minimum Gasteiger partial charge on any atom is -0.501 e. The molecule has 92 valence electrons. The molecule has 0 radical (unpaired) electrons. The van der Waals surface area contributed by atoms with Gasteiger partial charge in [-0.15, -0.1) is 0 Å². The van der Waals surface area contributed by atoms with Crippen molar-refractivity contribution in [1.82, 2.24) is 0 Å². The highest BCUT2D eigenvalue weighted by atomic mass is 32.2. The number of ether oxygens (including phenoxy) is 1. The molecular formula is C13H16O3S. The second kappa shape index (κ2) is 6.35. The fraction of sp³-hybridized carbons (Fsp3) is 0.308. The Kier molecular flexibility index (Phi) is 5.10. The highest BCUT2D eigenvalue weighted by molar-refractivity contribution is 7.85. The van der Waals surface area contributed by atoms with E-state index < -0.39 is 10.8 Å². The quantitative estimate of drug-likeness (QED) is 0.596. The first kappa shape index (κ1) is 13.6. The molecule has 0 N–H and O–H groups in total. The van der Waals surface area contributed by atoms with Crippen molar-refractivity contribution in [2.24, 2.45) is 0 Å². The molecule has 0 aromatic heterocycles. The zero-order valence-corrected chi connectivity index (χ0v) is 11.0. The van der Waals surface area contributed by atoms with Gasteiger partial charge in [-0.25, -0.2) is 0 Å². The molecule has 3 nitrogen and oxygen atoms in total. The van der Waals surface area contributed by atoms with Crippen molar-refractivity contribution in [2.75, 3.05) is 12.9 Å². The summed E-state index contributed by atoms with van der Waals surface area (Å²) in [5.74, 6) is 0.322. The van der Waals surface area contributed by atoms with E-state index >= 15 is 0 Å². The minimum absolute atomic E-state index is 0.0102. The number of ketones is 1. The number of aryl methyl sites for hydroxylation is 1. The lowest BCUT2D eigenvalue weighted by molar-refractivity contribution is -0.112. The topological polar surface area (TPSA) is 43.4 Å². The number of benzene rings is 1. The average Bonchev–Trinajstić information content (AvgIpc) is 2.29. The summed E-state index contributed by atoms with van der Waals surface area (Å²) in [4.78, 5) is 12.2. The van der Waals surface area contributed by atoms with Crippen LogP contribution in [0, 0.1) is 6.92 Å². The molecule has 17 heavy (non-hydrogen) atoms. The Bertz CT molecular complexity index is 446. The van der Waals surface area contributed by atoms with Gasteiger partial charge in [-0.2, -0.15) is 0 Å². The van der Waals surface area contributed by atoms with Crippen molar-refractivity contribution in [3.8, 4) is 0 Å². The number of carbonyl (C=O) groups is 1. The molecule has 0 unspecified atom stereocenters. The van der Waals surface area contributed by atoms with Crippen LogP contribution >= 0.6 is 0 Å². The van der Waals surface area contributed by atoms with E-state index in [0.29, 0.717) is 10.7 Å². The lowest BCUT2D eigenvalue weighted by Gasteiger charge is -2.01. The molecule has 0 heterocycles. The number of carbonyl (C=O) groups excluding carboxylic acids is 1. The van der Waals surface area contributed by atoms with Crippen molar-refractivity contribution < 1.29 is 13.7 Å². The number of hydrogen-bond donors (Lipinski definition) is 0. The van der Waals surface area contributed by atoms with Gasteiger partial charge in [-0.1, -0.05) is 17.7 Å². The number of rotatable bonds is 5. The van der Waals surface area contributed by atoms with Crippen molar-refractivity contribution >= 4 is 16.6 Å². The molecule has 0 amide bonds. The Morgan fingerprint density at radius 1 is 1.35 bits per heavy atom. The predicted octanol–water partition coefficient (Wildman–Crippen LogP) is 2.22. The largest absolute Gasteiger partial charge is 0.501 e. The molecule has 1 aromatic carbocycles. The van der Waals surface area contributed by atoms with Gasteiger partial charge in [0.1, 0.15) is 0 Å². The Labute approximate surface area is 104 Å². The van der Waals surface area contributed by atoms with Crippen LogP contribution in [0.4, 0.5) is 0 Å². The number of hydrogen-bond acceptors (Lipinski definition) is 3. The second-order valence-electron chi connectivity index (χ2n) is 3.73. The Morgan fingerprint density at radius 2 is 1.94 bits per heavy atom. The molecule has 0 aliphatic carbocycles. The van der Waals surface area contributed by atoms with E-state index in [9.17, 15) is 9.00 Å². The predicted molar refractivity (Wildman–Crippen MR) is 68.2 cm³/mol. The van der Waals surface area contributed by atoms with Crippen LogP contribution in [0.15, 0.2) is 41.0 Å². The lowest BCUT2D eigenvalue weighted by Crippen LogP contribution is -2.08. The van der Waals surface area contributed by atoms with Gasteiger partial charge < -0.3 is 4.74 Å². The summed E-state index contributed by atoms with van der Waals surface area (Å²) in [5.41, 5.74) is 1.10. The molecule has 0 aliphatic heterocycles. The highest BCUT2D eigenvalue weighted by Gasteiger charge is 2.08. The highest BCUT2D eigenvalue weighted by Crippen LogP contribution is 2.09. The molecule has 1 atom stereocenters. The van der Waals surface area contributed by atoms with E-state index in [1.165, 1.54) is 13.2 Å². The van der Waals surface area contributed by atoms with Crippen LogP contribution in [0.1, 0.15) is 12.5 Å². The van der Waals surface area contributed by atoms with Crippen LogP contribution < -0.4 is 0 Å². The molecule has 1 rings (SSSR count). The molecule has 0 fully saturated rings. The Morgan fingerprint density at radius 3 is 2.47 bits per heavy atom. The number of methoxy groups -OCH3 is 1. The summed E-state index contributed by atoms with van der Waals surface area (Å²) >= 11 is 0. The maximum atomic E-state index is 11.9. The van der Waals surface area contributed by atoms with Crippen molar-refractivity contribution in [3.63, 3.8) is 0 Å². The zero-order chi connectivity index (χ0) is 12.8. The van der Waals surface area contributed by atoms with Gasteiger partial charge in [-0.05, 0) is 26.0 Å². The lowest BCUT2D eigenvalue weighted by atomic mass is 10.2. The first-order valence-corrected chi connectivity index (χ1v) is 6.55. The van der Waals surface area contributed by atoms with Gasteiger partial charge >= 0.3 is 0 Å². The molecule has 4 heteroatoms. The van der Waals surface area contributed by atoms with Crippen LogP contribution in [0.2, 0.25) is 0 Å². The van der Waals surface area contributed by atoms with Gasteiger partial charge in [-0.3, -0.25) is 9.00 Å². The molecule has 0 spiro atoms. The fourth-order valence-electron chi connectivity index (χ4n) is 1.23. The average molecular weight is 252 g/mol. The molecule has 0 saturated heterocycles. The standard InChI is InChI=1S/C13H16O3S/c1-10-4-6-13(7-5-10)17(15)9-12(14)8-11(2)16-3/h4-8H,9H2,1-3H3/t17-/m1/s1. The third kappa shape index (κ3) is 4.53. The second-order valence-corrected chi connectivity index (χ2v) is 5.18. The van der Waals surface area contributed by atoms with Crippen LogP contribution in [0.25, 0.3) is 0 Å². The first-order chi connectivity index (χ1) is 8.02. The molecular weight excluding hydrogens is 236 g/mol. The summed E-state index contributed by atoms with van der Waals surface area (Å²) in [7, 11) is 0.206. The fourth-order valence-corrected chi connectivity index (χ4v) is 2.18. The molecule has 0 saturated carbocycles. The van der Waals surface area contributed by atoms with E-state index in [4.69, 9.17) is 4.74 Å². The van der Waals surface area contributed by atoms with E-state index in [1.54, 1.807) is 19.1 Å². The summed E-state index contributed by atoms with van der Waals surface area (Å²) in [6, 6.07) is 7.33. The third-order valence-corrected chi connectivity index (χ3v) is 3.59. The van der Waals surface area contributed by atoms with Crippen molar-refractivity contribution in [3.05, 3.63) is 41.7 Å². The molecule has 0 aliphatic rings. The maximum Gasteiger partial charge on any atom is 0.171 e. The summed E-state index contributed by atoms with van der Waals surface area (Å²) in [6.45, 7) is 3.65. The van der Waals surface area contributed by atoms with E-state index in [1.807, 2.05) is 19.1 Å². The van der Waals surface area contributed by atoms with Crippen LogP contribution in [-0.2, 0) is 20.3 Å². The van der Waals surface area contributed by atoms with Gasteiger partial charge in [0, 0.05) is 11.0 Å². The van der Waals surface area contributed by atoms with E-state index in [-0.39, 0.29) is 11.5 Å². The first-order valence-electron chi connectivity index (χ1n) is 5.23. The van der Waals surface area contributed by atoms with Gasteiger partial charge in [0.2, 0.25) is 0 Å². The molecule has 0 bridgehead atoms. The normalized spacial score (nSPS) is 13.2. The Hall–Kier alpha value is -1.42. The SMILES string of the molecule is COC(C)=CC(=O)C[S@@](=O)c1ccc(C)cc1. The minimum atomic E-state index is -1.29. The van der Waals surface area contributed by atoms with Crippen molar-refractivity contribution in [2.45, 2.75) is 18.7 Å². The van der Waals surface area contributed by atoms with E-state index in [0.717, 1.165) is 5.56 Å². The van der Waals surface area contributed by atoms with E-state index in [2.05, 4.69) is 0 Å². The summed E-state index contributed by atoms with van der Waals surface area (Å²) in [6.07, 6.45) is 1.37.